The Kier molecular flexibility index (Phi) is 13.5. The number of hydrogen-bond donors (Lipinski definition) is 0. The van der Waals surface area contributed by atoms with Gasteiger partial charge in [0.15, 0.2) is 0 Å². The lowest BCUT2D eigenvalue weighted by atomic mass is 9.61. The van der Waals surface area contributed by atoms with Gasteiger partial charge in [0.05, 0.1) is 97.7 Å². The van der Waals surface area contributed by atoms with Gasteiger partial charge in [-0.3, -0.25) is 0 Å². The van der Waals surface area contributed by atoms with Crippen LogP contribution in [0.5, 0.6) is 0 Å². The van der Waals surface area contributed by atoms with Crippen LogP contribution in [0, 0.1) is 70.5 Å². The van der Waals surface area contributed by atoms with Crippen LogP contribution < -0.4 is 0 Å². The van der Waals surface area contributed by atoms with Crippen molar-refractivity contribution in [3.8, 4) is 0 Å². The van der Waals surface area contributed by atoms with Crippen LogP contribution in [-0.4, -0.2) is 97.7 Å². The van der Waals surface area contributed by atoms with E-state index in [9.17, 15) is 0 Å². The van der Waals surface area contributed by atoms with Gasteiger partial charge in [0.25, 0.3) is 0 Å². The molecule has 8 saturated heterocycles. The Morgan fingerprint density at radius 3 is 0.853 bits per heavy atom. The van der Waals surface area contributed by atoms with Crippen molar-refractivity contribution >= 4 is 0 Å². The summed E-state index contributed by atoms with van der Waals surface area (Å²) < 4.78 is 45.5. The average Bonchev–Trinajstić information content (AvgIpc) is 4.13. The summed E-state index contributed by atoms with van der Waals surface area (Å²) in [7, 11) is 0. The van der Waals surface area contributed by atoms with E-state index in [-0.39, 0.29) is 0 Å². The van der Waals surface area contributed by atoms with Gasteiger partial charge in [0, 0.05) is 0 Å². The Balaban J connectivity index is 0.0000000897. The lowest BCUT2D eigenvalue weighted by Crippen LogP contribution is -2.37. The summed E-state index contributed by atoms with van der Waals surface area (Å²) in [5.41, 5.74) is 0.494. The van der Waals surface area contributed by atoms with Crippen molar-refractivity contribution in [1.82, 2.24) is 0 Å². The Hall–Kier alpha value is -0.320. The zero-order valence-electron chi connectivity index (χ0n) is 43.4. The van der Waals surface area contributed by atoms with Gasteiger partial charge in [-0.1, -0.05) is 60.3 Å². The largest absolute Gasteiger partial charge is 0.370 e. The van der Waals surface area contributed by atoms with Crippen molar-refractivity contribution < 1.29 is 37.9 Å². The molecule has 8 aliphatic heterocycles. The Bertz CT molecular complexity index is 1650. The number of epoxide rings is 8. The topological polar surface area (TPSA) is 100 Å². The molecule has 68 heavy (non-hydrogen) atoms. The van der Waals surface area contributed by atoms with Gasteiger partial charge in [-0.25, -0.2) is 0 Å². The molecule has 0 spiro atoms. The van der Waals surface area contributed by atoms with E-state index in [1.807, 2.05) is 0 Å². The lowest BCUT2D eigenvalue weighted by molar-refractivity contribution is 0.0678. The first-order chi connectivity index (χ1) is 33.2. The van der Waals surface area contributed by atoms with E-state index >= 15 is 0 Å². The van der Waals surface area contributed by atoms with E-state index in [1.165, 1.54) is 173 Å². The van der Waals surface area contributed by atoms with Crippen LogP contribution in [-0.2, 0) is 37.9 Å². The minimum atomic E-state index is 0.494. The number of rotatable bonds is 11. The highest BCUT2D eigenvalue weighted by molar-refractivity contribution is 5.04. The molecule has 8 aliphatic carbocycles. The molecule has 8 heterocycles. The molecule has 16 aliphatic rings. The molecule has 25 unspecified atom stereocenters. The molecule has 16 rings (SSSR count). The molecule has 25 atom stereocenters. The zero-order chi connectivity index (χ0) is 45.8. The number of fused-ring (bicyclic) bond motifs is 8. The lowest BCUT2D eigenvalue weighted by Gasteiger charge is -2.43. The SMILES string of the molecule is CC(C)(C1CCC2OC2C1)C1CCC2OC2C1.CCC(C1CCC2OC2C1)C1CC2OC2C1.CCC(C1CCC2OC2C1)C1CCC2OC2C1.CCC(C1CCCC2OC2C1)C1CCC2OC2C1. The van der Waals surface area contributed by atoms with Gasteiger partial charge < -0.3 is 37.9 Å². The van der Waals surface area contributed by atoms with Crippen molar-refractivity contribution in [1.29, 1.82) is 0 Å². The van der Waals surface area contributed by atoms with Crippen LogP contribution in [0.25, 0.3) is 0 Å². The third-order valence-corrected chi connectivity index (χ3v) is 23.4. The zero-order valence-corrected chi connectivity index (χ0v) is 43.4. The first-order valence-corrected chi connectivity index (χ1v) is 30.4. The molecule has 384 valence electrons. The summed E-state index contributed by atoms with van der Waals surface area (Å²) >= 11 is 0. The Labute approximate surface area is 412 Å². The van der Waals surface area contributed by atoms with Crippen molar-refractivity contribution in [2.24, 2.45) is 70.5 Å². The maximum absolute atomic E-state index is 5.77. The predicted molar refractivity (Wildman–Crippen MR) is 263 cm³/mol. The van der Waals surface area contributed by atoms with Gasteiger partial charge in [-0.2, -0.15) is 0 Å². The molecule has 0 amide bonds. The van der Waals surface area contributed by atoms with Crippen LogP contribution in [0.15, 0.2) is 0 Å². The second kappa shape index (κ2) is 19.4. The highest BCUT2D eigenvalue weighted by atomic mass is 16.6. The summed E-state index contributed by atoms with van der Waals surface area (Å²) in [6.07, 6.45) is 47.2. The van der Waals surface area contributed by atoms with Crippen molar-refractivity contribution in [2.45, 2.75) is 306 Å². The number of ether oxygens (including phenoxy) is 8. The summed E-state index contributed by atoms with van der Waals surface area (Å²) in [6.45, 7) is 12.2. The molecule has 16 fully saturated rings. The van der Waals surface area contributed by atoms with Crippen LogP contribution in [0.4, 0.5) is 0 Å². The summed E-state index contributed by atoms with van der Waals surface area (Å²) in [5.74, 6) is 10.3. The highest BCUT2D eigenvalue weighted by Gasteiger charge is 2.56. The highest BCUT2D eigenvalue weighted by Crippen LogP contribution is 2.56. The third kappa shape index (κ3) is 10.5. The van der Waals surface area contributed by atoms with Crippen molar-refractivity contribution in [2.75, 3.05) is 0 Å². The first kappa shape index (κ1) is 47.4. The molecule has 8 nitrogen and oxygen atoms in total. The summed E-state index contributed by atoms with van der Waals surface area (Å²) in [4.78, 5) is 0. The monoisotopic (exact) mass is 945 g/mol. The molecule has 0 N–H and O–H groups in total. The normalized spacial score (nSPS) is 53.2. The Morgan fingerprint density at radius 2 is 0.529 bits per heavy atom. The molecule has 8 saturated carbocycles. The smallest absolute Gasteiger partial charge is 0.0844 e. The fraction of sp³-hybridized carbons (Fsp3) is 1.00. The summed E-state index contributed by atoms with van der Waals surface area (Å²) in [5, 5.41) is 0. The second-order valence-corrected chi connectivity index (χ2v) is 27.2. The van der Waals surface area contributed by atoms with E-state index in [0.29, 0.717) is 103 Å². The molecule has 0 aromatic heterocycles. The van der Waals surface area contributed by atoms with Crippen molar-refractivity contribution in [3.63, 3.8) is 0 Å². The molecule has 0 aromatic rings. The van der Waals surface area contributed by atoms with Gasteiger partial charge in [-0.15, -0.1) is 0 Å². The van der Waals surface area contributed by atoms with E-state index in [4.69, 9.17) is 37.9 Å². The van der Waals surface area contributed by atoms with Gasteiger partial charge in [0.1, 0.15) is 0 Å². The molecule has 8 heteroatoms. The standard InChI is InChI=1S/C16H26O2.2C15H24O2.C14H22O2/c1-2-12(11-6-7-14-16(9-11)18-14)10-4-3-5-13-15(8-10)17-13;1-15(2,9-3-5-11-13(7-9)16-11)10-4-6-12-14(8-10)17-12;1-2-11(9-3-5-12-14(7-9)16-12)10-4-6-13-15(8-10)17-13;1-2-10(9-6-13-14(7-9)16-13)8-3-4-11-12(5-8)15-11/h10-16H,2-9H2,1H3;9-14H,3-8H2,1-2H3;9-15H,2-8H2,1H3;8-14H,2-7H2,1H3. The summed E-state index contributed by atoms with van der Waals surface area (Å²) in [6, 6.07) is 0. The fourth-order valence-electron chi connectivity index (χ4n) is 18.6. The number of hydrogen-bond acceptors (Lipinski definition) is 8. The maximum atomic E-state index is 5.77. The van der Waals surface area contributed by atoms with E-state index in [2.05, 4.69) is 34.6 Å². The molecular weight excluding hydrogens is 849 g/mol. The van der Waals surface area contributed by atoms with Gasteiger partial charge in [0.2, 0.25) is 0 Å². The quantitative estimate of drug-likeness (QED) is 0.189. The van der Waals surface area contributed by atoms with Crippen LogP contribution >= 0.6 is 0 Å². The van der Waals surface area contributed by atoms with Crippen LogP contribution in [0.1, 0.15) is 208 Å². The molecular formula is C60H96O8. The molecule has 0 aromatic carbocycles. The van der Waals surface area contributed by atoms with Gasteiger partial charge >= 0.3 is 0 Å². The van der Waals surface area contributed by atoms with E-state index < -0.39 is 0 Å². The Morgan fingerprint density at radius 1 is 0.279 bits per heavy atom. The van der Waals surface area contributed by atoms with Crippen LogP contribution in [0.2, 0.25) is 0 Å². The van der Waals surface area contributed by atoms with Gasteiger partial charge in [-0.05, 0) is 218 Å². The minimum Gasteiger partial charge on any atom is -0.370 e. The second-order valence-electron chi connectivity index (χ2n) is 27.2. The predicted octanol–water partition coefficient (Wildman–Crippen LogP) is 12.6. The van der Waals surface area contributed by atoms with E-state index in [1.54, 1.807) is 0 Å². The third-order valence-electron chi connectivity index (χ3n) is 23.4. The first-order valence-electron chi connectivity index (χ1n) is 30.4. The molecule has 0 bridgehead atoms. The molecule has 0 radical (unpaired) electrons. The average molecular weight is 945 g/mol. The maximum Gasteiger partial charge on any atom is 0.0844 e. The van der Waals surface area contributed by atoms with E-state index in [0.717, 1.165) is 65.1 Å². The minimum absolute atomic E-state index is 0.494. The van der Waals surface area contributed by atoms with Crippen molar-refractivity contribution in [3.05, 3.63) is 0 Å². The van der Waals surface area contributed by atoms with Crippen LogP contribution in [0.3, 0.4) is 0 Å². The fourth-order valence-corrected chi connectivity index (χ4v) is 18.6.